The molecule has 1 fully saturated rings. The highest BCUT2D eigenvalue weighted by molar-refractivity contribution is 5.97. The summed E-state index contributed by atoms with van der Waals surface area (Å²) in [5, 5.41) is 0. The van der Waals surface area contributed by atoms with Crippen molar-refractivity contribution in [1.82, 2.24) is 9.55 Å². The number of nitrogens with zero attached hydrogens (tertiary/aromatic N) is 2. The van der Waals surface area contributed by atoms with Crippen LogP contribution >= 0.6 is 0 Å². The largest absolute Gasteiger partial charge is 0.493 e. The van der Waals surface area contributed by atoms with Crippen LogP contribution in [0.4, 0.5) is 11.5 Å². The molecule has 1 heterocycles. The number of rotatable bonds is 9. The minimum Gasteiger partial charge on any atom is -0.493 e. The Balaban J connectivity index is 1.70. The lowest BCUT2D eigenvalue weighted by Gasteiger charge is -2.32. The number of hydrogen-bond acceptors (Lipinski definition) is 6. The normalized spacial score (nSPS) is 13.2. The molecule has 1 aliphatic carbocycles. The molecule has 1 saturated carbocycles. The van der Waals surface area contributed by atoms with Gasteiger partial charge in [0.15, 0.2) is 17.2 Å². The molecule has 0 aliphatic heterocycles. The van der Waals surface area contributed by atoms with Crippen LogP contribution in [0.2, 0.25) is 0 Å². The van der Waals surface area contributed by atoms with Crippen LogP contribution in [0, 0.1) is 5.92 Å². The summed E-state index contributed by atoms with van der Waals surface area (Å²) in [4.78, 5) is 42.8. The summed E-state index contributed by atoms with van der Waals surface area (Å²) >= 11 is 0. The monoisotopic (exact) mass is 478 g/mol. The highest BCUT2D eigenvalue weighted by atomic mass is 16.5. The summed E-state index contributed by atoms with van der Waals surface area (Å²) in [6.45, 7) is 0.401. The number of aromatic amines is 1. The molecule has 1 aromatic heterocycles. The van der Waals surface area contributed by atoms with E-state index >= 15 is 0 Å². The minimum absolute atomic E-state index is 0.0120. The zero-order chi connectivity index (χ0) is 24.9. The van der Waals surface area contributed by atoms with Crippen molar-refractivity contribution < 1.29 is 14.3 Å². The van der Waals surface area contributed by atoms with Gasteiger partial charge in [0.2, 0.25) is 5.91 Å². The summed E-state index contributed by atoms with van der Waals surface area (Å²) in [6, 6.07) is 14.9. The number of carbonyl (C=O) groups is 1. The quantitative estimate of drug-likeness (QED) is 0.488. The highest BCUT2D eigenvalue weighted by Crippen LogP contribution is 2.32. The van der Waals surface area contributed by atoms with Crippen LogP contribution < -0.4 is 31.4 Å². The van der Waals surface area contributed by atoms with Crippen LogP contribution in [-0.2, 0) is 17.8 Å². The summed E-state index contributed by atoms with van der Waals surface area (Å²) < 4.78 is 12.0. The van der Waals surface area contributed by atoms with Crippen LogP contribution in [0.15, 0.2) is 58.1 Å². The zero-order valence-electron chi connectivity index (χ0n) is 20.0. The number of nitrogens with two attached hydrogens (primary N) is 1. The van der Waals surface area contributed by atoms with Crippen LogP contribution in [0.3, 0.4) is 0 Å². The Morgan fingerprint density at radius 3 is 2.40 bits per heavy atom. The number of hydrogen-bond donors (Lipinski definition) is 2. The van der Waals surface area contributed by atoms with Crippen molar-refractivity contribution in [2.24, 2.45) is 5.92 Å². The highest BCUT2D eigenvalue weighted by Gasteiger charge is 2.33. The van der Waals surface area contributed by atoms with Crippen molar-refractivity contribution in [3.63, 3.8) is 0 Å². The van der Waals surface area contributed by atoms with Crippen molar-refractivity contribution >= 4 is 17.4 Å². The molecule has 184 valence electrons. The van der Waals surface area contributed by atoms with Gasteiger partial charge in [-0.25, -0.2) is 4.79 Å². The maximum Gasteiger partial charge on any atom is 0.330 e. The molecule has 3 N–H and O–H groups in total. The van der Waals surface area contributed by atoms with Crippen LogP contribution in [0.5, 0.6) is 11.5 Å². The van der Waals surface area contributed by atoms with E-state index in [0.717, 1.165) is 30.4 Å². The van der Waals surface area contributed by atoms with E-state index in [0.29, 0.717) is 17.9 Å². The maximum absolute atomic E-state index is 13.4. The van der Waals surface area contributed by atoms with Gasteiger partial charge >= 0.3 is 5.69 Å². The maximum atomic E-state index is 13.4. The second kappa shape index (κ2) is 10.5. The topological polar surface area (TPSA) is 120 Å². The number of aromatic nitrogens is 2. The van der Waals surface area contributed by atoms with Gasteiger partial charge in [-0.15, -0.1) is 0 Å². The fourth-order valence-electron chi connectivity index (χ4n) is 4.25. The SMILES string of the molecule is COc1ccc(CCN(C(=O)C2CCC2)c2c(N)n(Cc3ccccc3)c(=O)[nH]c2=O)cc1OC. The third-order valence-corrected chi connectivity index (χ3v) is 6.46. The van der Waals surface area contributed by atoms with E-state index < -0.39 is 11.2 Å². The van der Waals surface area contributed by atoms with Gasteiger partial charge in [-0.1, -0.05) is 42.8 Å². The summed E-state index contributed by atoms with van der Waals surface area (Å²) in [5.41, 5.74) is 6.88. The molecular weight excluding hydrogens is 448 g/mol. The van der Waals surface area contributed by atoms with Gasteiger partial charge in [-0.3, -0.25) is 19.1 Å². The van der Waals surface area contributed by atoms with Crippen LogP contribution in [-0.4, -0.2) is 36.2 Å². The number of H-pyrrole nitrogens is 1. The molecule has 9 heteroatoms. The van der Waals surface area contributed by atoms with E-state index in [9.17, 15) is 14.4 Å². The van der Waals surface area contributed by atoms with E-state index in [-0.39, 0.29) is 36.4 Å². The fourth-order valence-corrected chi connectivity index (χ4v) is 4.25. The first-order valence-corrected chi connectivity index (χ1v) is 11.6. The number of nitrogens with one attached hydrogen (secondary N) is 1. The van der Waals surface area contributed by atoms with E-state index in [1.54, 1.807) is 20.3 Å². The lowest BCUT2D eigenvalue weighted by molar-refractivity contribution is -0.124. The molecule has 0 bridgehead atoms. The lowest BCUT2D eigenvalue weighted by Crippen LogP contribution is -2.45. The predicted molar refractivity (Wildman–Crippen MR) is 134 cm³/mol. The number of methoxy groups -OCH3 is 2. The van der Waals surface area contributed by atoms with Crippen molar-refractivity contribution in [2.75, 3.05) is 31.4 Å². The van der Waals surface area contributed by atoms with E-state index in [1.165, 1.54) is 9.47 Å². The van der Waals surface area contributed by atoms with Gasteiger partial charge in [0.25, 0.3) is 5.56 Å². The zero-order valence-corrected chi connectivity index (χ0v) is 20.0. The van der Waals surface area contributed by atoms with Crippen LogP contribution in [0.1, 0.15) is 30.4 Å². The molecule has 0 saturated heterocycles. The summed E-state index contributed by atoms with van der Waals surface area (Å²) in [6.07, 6.45) is 2.97. The number of ether oxygens (including phenoxy) is 2. The number of benzene rings is 2. The minimum atomic E-state index is -0.670. The van der Waals surface area contributed by atoms with Gasteiger partial charge in [0.05, 0.1) is 20.8 Å². The number of anilines is 2. The first-order valence-electron chi connectivity index (χ1n) is 11.6. The average Bonchev–Trinajstić information content (AvgIpc) is 2.82. The van der Waals surface area contributed by atoms with Gasteiger partial charge in [0, 0.05) is 12.5 Å². The lowest BCUT2D eigenvalue weighted by atomic mass is 9.84. The Labute approximate surface area is 203 Å². The van der Waals surface area contributed by atoms with Crippen molar-refractivity contribution in [1.29, 1.82) is 0 Å². The molecule has 2 aromatic carbocycles. The Kier molecular flexibility index (Phi) is 7.24. The fraction of sp³-hybridized carbons (Fsp3) is 0.346. The average molecular weight is 479 g/mol. The number of carbonyl (C=O) groups excluding carboxylic acids is 1. The Bertz CT molecular complexity index is 1310. The molecule has 1 aliphatic rings. The number of nitrogen functional groups attached to an aromatic ring is 1. The second-order valence-corrected chi connectivity index (χ2v) is 8.62. The number of amides is 1. The molecule has 0 spiro atoms. The Morgan fingerprint density at radius 2 is 1.77 bits per heavy atom. The summed E-state index contributed by atoms with van der Waals surface area (Å²) in [7, 11) is 3.13. The van der Waals surface area contributed by atoms with Gasteiger partial charge < -0.3 is 20.1 Å². The molecule has 35 heavy (non-hydrogen) atoms. The van der Waals surface area contributed by atoms with Gasteiger partial charge in [0.1, 0.15) is 5.82 Å². The third-order valence-electron chi connectivity index (χ3n) is 6.46. The smallest absolute Gasteiger partial charge is 0.330 e. The van der Waals surface area contributed by atoms with E-state index in [1.807, 2.05) is 42.5 Å². The van der Waals surface area contributed by atoms with E-state index in [2.05, 4.69) is 4.98 Å². The summed E-state index contributed by atoms with van der Waals surface area (Å²) in [5.74, 6) is 0.845. The van der Waals surface area contributed by atoms with Crippen LogP contribution in [0.25, 0.3) is 0 Å². The molecule has 0 radical (unpaired) electrons. The molecule has 3 aromatic rings. The molecular formula is C26H30N4O5. The standard InChI is InChI=1S/C26H30N4O5/c1-34-20-12-11-17(15-21(20)35-2)13-14-29(25(32)19-9-6-10-19)22-23(27)30(26(33)28-24(22)31)16-18-7-4-3-5-8-18/h3-5,7-8,11-12,15,19H,6,9-10,13-14,16,27H2,1-2H3,(H,28,31,33). The predicted octanol–water partition coefficient (Wildman–Crippen LogP) is 2.56. The third kappa shape index (κ3) is 5.08. The first-order chi connectivity index (χ1) is 16.9. The molecule has 0 unspecified atom stereocenters. The first kappa shape index (κ1) is 24.1. The Hall–Kier alpha value is -4.01. The van der Waals surface area contributed by atoms with Gasteiger partial charge in [-0.05, 0) is 42.5 Å². The Morgan fingerprint density at radius 1 is 1.06 bits per heavy atom. The van der Waals surface area contributed by atoms with Crippen molar-refractivity contribution in [3.8, 4) is 11.5 Å². The molecule has 4 rings (SSSR count). The van der Waals surface area contributed by atoms with Crippen molar-refractivity contribution in [3.05, 3.63) is 80.5 Å². The van der Waals surface area contributed by atoms with Gasteiger partial charge in [-0.2, -0.15) is 0 Å². The van der Waals surface area contributed by atoms with E-state index in [4.69, 9.17) is 15.2 Å². The molecule has 9 nitrogen and oxygen atoms in total. The second-order valence-electron chi connectivity index (χ2n) is 8.62. The van der Waals surface area contributed by atoms with Crippen molar-refractivity contribution in [2.45, 2.75) is 32.2 Å². The molecule has 1 amide bonds. The molecule has 0 atom stereocenters.